The fourth-order valence-electron chi connectivity index (χ4n) is 2.80. The quantitative estimate of drug-likeness (QED) is 0.779. The Labute approximate surface area is 110 Å². The van der Waals surface area contributed by atoms with Gasteiger partial charge < -0.3 is 15.0 Å². The lowest BCUT2D eigenvalue weighted by molar-refractivity contribution is 0.154. The van der Waals surface area contributed by atoms with E-state index in [2.05, 4.69) is 22.0 Å². The number of rotatable bonds is 6. The van der Waals surface area contributed by atoms with Crippen molar-refractivity contribution in [3.63, 3.8) is 0 Å². The Balaban J connectivity index is 1.53. The number of hydrogen-bond acceptors (Lipinski definition) is 4. The summed E-state index contributed by atoms with van der Waals surface area (Å²) in [5.41, 5.74) is 0. The molecule has 3 nitrogen and oxygen atoms in total. The van der Waals surface area contributed by atoms with Gasteiger partial charge in [0.1, 0.15) is 0 Å². The minimum Gasteiger partial charge on any atom is -0.384 e. The SMILES string of the molecule is COCC1CCN(CCSC2CCNCC2)C1. The summed E-state index contributed by atoms with van der Waals surface area (Å²) >= 11 is 2.19. The number of piperidine rings is 1. The zero-order chi connectivity index (χ0) is 11.9. The van der Waals surface area contributed by atoms with Crippen molar-refractivity contribution < 1.29 is 4.74 Å². The molecule has 2 saturated heterocycles. The number of methoxy groups -OCH3 is 1. The number of hydrogen-bond donors (Lipinski definition) is 1. The molecule has 0 spiro atoms. The van der Waals surface area contributed by atoms with Gasteiger partial charge in [-0.15, -0.1) is 0 Å². The third-order valence-electron chi connectivity index (χ3n) is 3.82. The van der Waals surface area contributed by atoms with Crippen LogP contribution in [0.15, 0.2) is 0 Å². The minimum atomic E-state index is 0.781. The Kier molecular flexibility index (Phi) is 6.12. The van der Waals surface area contributed by atoms with Crippen molar-refractivity contribution in [2.45, 2.75) is 24.5 Å². The second-order valence-electron chi connectivity index (χ2n) is 5.23. The second kappa shape index (κ2) is 7.62. The van der Waals surface area contributed by atoms with E-state index in [4.69, 9.17) is 4.74 Å². The topological polar surface area (TPSA) is 24.5 Å². The Morgan fingerprint density at radius 2 is 2.12 bits per heavy atom. The molecule has 1 unspecified atom stereocenters. The van der Waals surface area contributed by atoms with E-state index in [1.807, 2.05) is 7.11 Å². The van der Waals surface area contributed by atoms with Crippen LogP contribution in [0.5, 0.6) is 0 Å². The van der Waals surface area contributed by atoms with Crippen LogP contribution in [0.25, 0.3) is 0 Å². The zero-order valence-corrected chi connectivity index (χ0v) is 11.8. The lowest BCUT2D eigenvalue weighted by Gasteiger charge is -2.23. The van der Waals surface area contributed by atoms with E-state index >= 15 is 0 Å². The molecule has 0 aromatic heterocycles. The van der Waals surface area contributed by atoms with Gasteiger partial charge in [-0.05, 0) is 44.8 Å². The Hall–Kier alpha value is 0.230. The van der Waals surface area contributed by atoms with E-state index in [0.717, 1.165) is 17.8 Å². The van der Waals surface area contributed by atoms with E-state index in [-0.39, 0.29) is 0 Å². The van der Waals surface area contributed by atoms with Crippen molar-refractivity contribution in [2.24, 2.45) is 5.92 Å². The predicted octanol–water partition coefficient (Wildman–Crippen LogP) is 1.44. The molecule has 0 saturated carbocycles. The summed E-state index contributed by atoms with van der Waals surface area (Å²) in [6, 6.07) is 0. The smallest absolute Gasteiger partial charge is 0.0503 e. The maximum Gasteiger partial charge on any atom is 0.0503 e. The van der Waals surface area contributed by atoms with E-state index in [1.54, 1.807) is 0 Å². The highest BCUT2D eigenvalue weighted by molar-refractivity contribution is 7.99. The first-order chi connectivity index (χ1) is 8.38. The fraction of sp³-hybridized carbons (Fsp3) is 1.00. The molecular formula is C13H26N2OS. The van der Waals surface area contributed by atoms with Gasteiger partial charge in [0.05, 0.1) is 6.61 Å². The summed E-state index contributed by atoms with van der Waals surface area (Å²) in [6.07, 6.45) is 4.04. The molecule has 0 aromatic rings. The highest BCUT2D eigenvalue weighted by Gasteiger charge is 2.22. The number of nitrogens with zero attached hydrogens (tertiary/aromatic N) is 1. The molecule has 0 aliphatic carbocycles. The van der Waals surface area contributed by atoms with E-state index in [0.29, 0.717) is 0 Å². The molecule has 0 aromatic carbocycles. The molecule has 2 fully saturated rings. The van der Waals surface area contributed by atoms with Crippen LogP contribution < -0.4 is 5.32 Å². The summed E-state index contributed by atoms with van der Waals surface area (Å²) < 4.78 is 5.23. The van der Waals surface area contributed by atoms with Crippen molar-refractivity contribution >= 4 is 11.8 Å². The fourth-order valence-corrected chi connectivity index (χ4v) is 4.06. The first-order valence-electron chi connectivity index (χ1n) is 6.92. The van der Waals surface area contributed by atoms with Gasteiger partial charge in [-0.25, -0.2) is 0 Å². The van der Waals surface area contributed by atoms with Gasteiger partial charge in [0.15, 0.2) is 0 Å². The van der Waals surface area contributed by atoms with Crippen molar-refractivity contribution in [3.05, 3.63) is 0 Å². The van der Waals surface area contributed by atoms with Crippen molar-refractivity contribution in [1.82, 2.24) is 10.2 Å². The van der Waals surface area contributed by atoms with E-state index < -0.39 is 0 Å². The van der Waals surface area contributed by atoms with Crippen molar-refractivity contribution in [2.75, 3.05) is 52.2 Å². The lowest BCUT2D eigenvalue weighted by atomic mass is 10.1. The summed E-state index contributed by atoms with van der Waals surface area (Å²) in [5.74, 6) is 2.09. The van der Waals surface area contributed by atoms with Crippen LogP contribution in [0.1, 0.15) is 19.3 Å². The van der Waals surface area contributed by atoms with Crippen molar-refractivity contribution in [3.8, 4) is 0 Å². The molecule has 0 bridgehead atoms. The number of nitrogens with one attached hydrogen (secondary N) is 1. The number of thioether (sulfide) groups is 1. The first kappa shape index (κ1) is 13.7. The molecular weight excluding hydrogens is 232 g/mol. The molecule has 1 N–H and O–H groups in total. The molecule has 1 atom stereocenters. The second-order valence-corrected chi connectivity index (χ2v) is 6.64. The van der Waals surface area contributed by atoms with Gasteiger partial charge in [-0.3, -0.25) is 0 Å². The van der Waals surface area contributed by atoms with E-state index in [9.17, 15) is 0 Å². The normalized spacial score (nSPS) is 27.7. The monoisotopic (exact) mass is 258 g/mol. The molecule has 17 heavy (non-hydrogen) atoms. The number of ether oxygens (including phenoxy) is 1. The van der Waals surface area contributed by atoms with Crippen molar-refractivity contribution in [1.29, 1.82) is 0 Å². The van der Waals surface area contributed by atoms with Crippen LogP contribution in [0.3, 0.4) is 0 Å². The summed E-state index contributed by atoms with van der Waals surface area (Å²) in [7, 11) is 1.82. The maximum atomic E-state index is 5.23. The van der Waals surface area contributed by atoms with Crippen LogP contribution in [0.2, 0.25) is 0 Å². The molecule has 2 rings (SSSR count). The molecule has 2 heterocycles. The van der Waals surface area contributed by atoms with Gasteiger partial charge in [0.25, 0.3) is 0 Å². The van der Waals surface area contributed by atoms with Gasteiger partial charge in [-0.2, -0.15) is 11.8 Å². The maximum absolute atomic E-state index is 5.23. The third-order valence-corrected chi connectivity index (χ3v) is 5.18. The van der Waals surface area contributed by atoms with E-state index in [1.165, 1.54) is 57.7 Å². The van der Waals surface area contributed by atoms with Crippen LogP contribution in [0, 0.1) is 5.92 Å². The zero-order valence-electron chi connectivity index (χ0n) is 11.0. The molecule has 100 valence electrons. The molecule has 0 amide bonds. The molecule has 4 heteroatoms. The highest BCUT2D eigenvalue weighted by atomic mass is 32.2. The molecule has 2 aliphatic rings. The first-order valence-corrected chi connectivity index (χ1v) is 7.97. The lowest BCUT2D eigenvalue weighted by Crippen LogP contribution is -2.30. The van der Waals surface area contributed by atoms with Gasteiger partial charge in [0, 0.05) is 31.2 Å². The minimum absolute atomic E-state index is 0.781. The Bertz CT molecular complexity index is 210. The largest absolute Gasteiger partial charge is 0.384 e. The van der Waals surface area contributed by atoms with Crippen LogP contribution in [-0.2, 0) is 4.74 Å². The van der Waals surface area contributed by atoms with Gasteiger partial charge in [-0.1, -0.05) is 0 Å². The van der Waals surface area contributed by atoms with Crippen LogP contribution >= 0.6 is 11.8 Å². The Morgan fingerprint density at radius 1 is 1.29 bits per heavy atom. The molecule has 0 radical (unpaired) electrons. The summed E-state index contributed by atoms with van der Waals surface area (Å²) in [4.78, 5) is 2.61. The average Bonchev–Trinajstić information content (AvgIpc) is 2.79. The average molecular weight is 258 g/mol. The Morgan fingerprint density at radius 3 is 2.88 bits per heavy atom. The third kappa shape index (κ3) is 4.78. The predicted molar refractivity (Wildman–Crippen MR) is 74.8 cm³/mol. The van der Waals surface area contributed by atoms with Gasteiger partial charge in [0.2, 0.25) is 0 Å². The van der Waals surface area contributed by atoms with Crippen LogP contribution in [-0.4, -0.2) is 62.3 Å². The standard InChI is InChI=1S/C13H26N2OS/c1-16-11-12-4-7-15(10-12)8-9-17-13-2-5-14-6-3-13/h12-14H,2-11H2,1H3. The van der Waals surface area contributed by atoms with Gasteiger partial charge >= 0.3 is 0 Å². The summed E-state index contributed by atoms with van der Waals surface area (Å²) in [5, 5.41) is 4.34. The highest BCUT2D eigenvalue weighted by Crippen LogP contribution is 2.22. The molecule has 2 aliphatic heterocycles. The summed E-state index contributed by atoms with van der Waals surface area (Å²) in [6.45, 7) is 7.18. The van der Waals surface area contributed by atoms with Crippen LogP contribution in [0.4, 0.5) is 0 Å². The number of likely N-dealkylation sites (tertiary alicyclic amines) is 1.